The Balaban J connectivity index is 2.07. The molecule has 1 aliphatic rings. The summed E-state index contributed by atoms with van der Waals surface area (Å²) in [4.78, 5) is 0.0357. The monoisotopic (exact) mass is 314 g/mol. The van der Waals surface area contributed by atoms with Gasteiger partial charge in [0.1, 0.15) is 10.6 Å². The number of benzene rings is 1. The van der Waals surface area contributed by atoms with Gasteiger partial charge >= 0.3 is 0 Å². The molecular weight excluding hydrogens is 292 g/mol. The highest BCUT2D eigenvalue weighted by Crippen LogP contribution is 2.26. The van der Waals surface area contributed by atoms with E-state index in [9.17, 15) is 13.5 Å². The van der Waals surface area contributed by atoms with Crippen molar-refractivity contribution in [1.29, 1.82) is 0 Å². The second-order valence-electron chi connectivity index (χ2n) is 5.37. The molecule has 1 aromatic carbocycles. The molecule has 7 heteroatoms. The zero-order valence-corrected chi connectivity index (χ0v) is 12.9. The van der Waals surface area contributed by atoms with Gasteiger partial charge in [-0.3, -0.25) is 0 Å². The summed E-state index contributed by atoms with van der Waals surface area (Å²) in [7, 11) is -2.19. The summed E-state index contributed by atoms with van der Waals surface area (Å²) in [6, 6.07) is 4.46. The fraction of sp³-hybridized carbons (Fsp3) is 0.571. The quantitative estimate of drug-likeness (QED) is 0.707. The third-order valence-corrected chi connectivity index (χ3v) is 5.41. The van der Waals surface area contributed by atoms with Crippen molar-refractivity contribution in [3.8, 4) is 5.75 Å². The summed E-state index contributed by atoms with van der Waals surface area (Å²) in [5, 5.41) is 9.88. The van der Waals surface area contributed by atoms with Crippen molar-refractivity contribution in [2.45, 2.75) is 36.7 Å². The maximum absolute atomic E-state index is 12.3. The van der Waals surface area contributed by atoms with Gasteiger partial charge in [0.2, 0.25) is 10.0 Å². The Morgan fingerprint density at radius 3 is 2.71 bits per heavy atom. The van der Waals surface area contributed by atoms with Gasteiger partial charge in [-0.1, -0.05) is 12.8 Å². The van der Waals surface area contributed by atoms with Crippen LogP contribution in [0.1, 0.15) is 25.7 Å². The summed E-state index contributed by atoms with van der Waals surface area (Å²) in [5.74, 6) is 0.474. The Bertz CT molecular complexity index is 589. The standard InChI is InChI=1S/C14H22N2O4S/c1-20-11-6-7-14(12(15)8-11)21(18,19)16-9-10-4-2-3-5-13(10)17/h6-8,10,13,16-17H,2-5,9,15H2,1H3. The Labute approximate surface area is 125 Å². The van der Waals surface area contributed by atoms with E-state index >= 15 is 0 Å². The predicted molar refractivity (Wildman–Crippen MR) is 80.6 cm³/mol. The molecule has 0 aromatic heterocycles. The number of aliphatic hydroxyl groups is 1. The molecule has 21 heavy (non-hydrogen) atoms. The van der Waals surface area contributed by atoms with Crippen LogP contribution in [0.15, 0.2) is 23.1 Å². The minimum absolute atomic E-state index is 0.0343. The van der Waals surface area contributed by atoms with Crippen molar-refractivity contribution >= 4 is 15.7 Å². The number of nitrogens with one attached hydrogen (secondary N) is 1. The van der Waals surface area contributed by atoms with Crippen LogP contribution in [0.4, 0.5) is 5.69 Å². The molecule has 4 N–H and O–H groups in total. The summed E-state index contributed by atoms with van der Waals surface area (Å²) in [6.07, 6.45) is 3.15. The number of methoxy groups -OCH3 is 1. The van der Waals surface area contributed by atoms with Crippen LogP contribution in [0, 0.1) is 5.92 Å². The van der Waals surface area contributed by atoms with Gasteiger partial charge in [-0.25, -0.2) is 13.1 Å². The third kappa shape index (κ3) is 3.87. The highest BCUT2D eigenvalue weighted by molar-refractivity contribution is 7.89. The normalized spacial score (nSPS) is 23.0. The average molecular weight is 314 g/mol. The van der Waals surface area contributed by atoms with Gasteiger partial charge in [0.15, 0.2) is 0 Å². The van der Waals surface area contributed by atoms with E-state index in [1.54, 1.807) is 6.07 Å². The van der Waals surface area contributed by atoms with Crippen molar-refractivity contribution in [3.63, 3.8) is 0 Å². The molecule has 0 saturated heterocycles. The van der Waals surface area contributed by atoms with Crippen LogP contribution in [0.5, 0.6) is 5.75 Å². The summed E-state index contributed by atoms with van der Waals surface area (Å²) < 4.78 is 32.1. The summed E-state index contributed by atoms with van der Waals surface area (Å²) in [5.41, 5.74) is 5.92. The lowest BCUT2D eigenvalue weighted by molar-refractivity contribution is 0.0724. The van der Waals surface area contributed by atoms with E-state index in [-0.39, 0.29) is 23.0 Å². The molecule has 0 radical (unpaired) electrons. The smallest absolute Gasteiger partial charge is 0.242 e. The fourth-order valence-corrected chi connectivity index (χ4v) is 3.82. The lowest BCUT2D eigenvalue weighted by Gasteiger charge is -2.27. The molecule has 6 nitrogen and oxygen atoms in total. The Hall–Kier alpha value is -1.31. The van der Waals surface area contributed by atoms with Gasteiger partial charge in [-0.2, -0.15) is 0 Å². The number of anilines is 1. The Morgan fingerprint density at radius 2 is 2.10 bits per heavy atom. The van der Waals surface area contributed by atoms with Crippen LogP contribution < -0.4 is 15.2 Å². The van der Waals surface area contributed by atoms with Crippen molar-refractivity contribution in [2.24, 2.45) is 5.92 Å². The van der Waals surface area contributed by atoms with Gasteiger partial charge in [-0.05, 0) is 30.9 Å². The zero-order valence-electron chi connectivity index (χ0n) is 12.1. The van der Waals surface area contributed by atoms with E-state index in [4.69, 9.17) is 10.5 Å². The van der Waals surface area contributed by atoms with E-state index in [0.29, 0.717) is 5.75 Å². The first-order valence-electron chi connectivity index (χ1n) is 7.05. The van der Waals surface area contributed by atoms with Gasteiger partial charge in [0, 0.05) is 12.6 Å². The maximum atomic E-state index is 12.3. The number of nitrogens with two attached hydrogens (primary N) is 1. The zero-order chi connectivity index (χ0) is 15.5. The number of hydrogen-bond acceptors (Lipinski definition) is 5. The van der Waals surface area contributed by atoms with Crippen LogP contribution >= 0.6 is 0 Å². The lowest BCUT2D eigenvalue weighted by Crippen LogP contribution is -2.36. The Kier molecular flexibility index (Phi) is 5.08. The number of hydrogen-bond donors (Lipinski definition) is 3. The van der Waals surface area contributed by atoms with Crippen LogP contribution in [0.2, 0.25) is 0 Å². The van der Waals surface area contributed by atoms with Gasteiger partial charge < -0.3 is 15.6 Å². The second-order valence-corrected chi connectivity index (χ2v) is 7.10. The molecule has 2 rings (SSSR count). The van der Waals surface area contributed by atoms with Crippen LogP contribution in [-0.4, -0.2) is 33.3 Å². The molecule has 1 aromatic rings. The van der Waals surface area contributed by atoms with Gasteiger partial charge in [-0.15, -0.1) is 0 Å². The predicted octanol–water partition coefficient (Wildman–Crippen LogP) is 1.11. The highest BCUT2D eigenvalue weighted by atomic mass is 32.2. The summed E-state index contributed by atoms with van der Waals surface area (Å²) >= 11 is 0. The minimum Gasteiger partial charge on any atom is -0.497 e. The molecular formula is C14H22N2O4S. The van der Waals surface area contributed by atoms with E-state index < -0.39 is 16.1 Å². The average Bonchev–Trinajstić information content (AvgIpc) is 2.46. The Morgan fingerprint density at radius 1 is 1.38 bits per heavy atom. The molecule has 0 aliphatic heterocycles. The molecule has 0 spiro atoms. The van der Waals surface area contributed by atoms with Crippen molar-refractivity contribution < 1.29 is 18.3 Å². The third-order valence-electron chi connectivity index (χ3n) is 3.91. The lowest BCUT2D eigenvalue weighted by atomic mass is 9.87. The second kappa shape index (κ2) is 6.64. The number of aliphatic hydroxyl groups excluding tert-OH is 1. The molecule has 0 amide bonds. The van der Waals surface area contributed by atoms with Crippen molar-refractivity contribution in [3.05, 3.63) is 18.2 Å². The van der Waals surface area contributed by atoms with Gasteiger partial charge in [0.25, 0.3) is 0 Å². The SMILES string of the molecule is COc1ccc(S(=O)(=O)NCC2CCCCC2O)c(N)c1. The number of sulfonamides is 1. The van der Waals surface area contributed by atoms with E-state index in [1.165, 1.54) is 19.2 Å². The van der Waals surface area contributed by atoms with Crippen LogP contribution in [-0.2, 0) is 10.0 Å². The van der Waals surface area contributed by atoms with Crippen molar-refractivity contribution in [1.82, 2.24) is 4.72 Å². The minimum atomic E-state index is -3.68. The molecule has 1 aliphatic carbocycles. The van der Waals surface area contributed by atoms with Crippen LogP contribution in [0.25, 0.3) is 0 Å². The first-order chi connectivity index (χ1) is 9.94. The fourth-order valence-electron chi connectivity index (χ4n) is 2.62. The number of ether oxygens (including phenoxy) is 1. The summed E-state index contributed by atoms with van der Waals surface area (Å²) in [6.45, 7) is 0.231. The molecule has 0 bridgehead atoms. The van der Waals surface area contributed by atoms with Crippen molar-refractivity contribution in [2.75, 3.05) is 19.4 Å². The van der Waals surface area contributed by atoms with Crippen LogP contribution in [0.3, 0.4) is 0 Å². The van der Waals surface area contributed by atoms with Gasteiger partial charge in [0.05, 0.1) is 18.9 Å². The molecule has 118 valence electrons. The molecule has 1 fully saturated rings. The highest BCUT2D eigenvalue weighted by Gasteiger charge is 2.26. The number of nitrogen functional groups attached to an aromatic ring is 1. The topological polar surface area (TPSA) is 102 Å². The first-order valence-corrected chi connectivity index (χ1v) is 8.53. The largest absolute Gasteiger partial charge is 0.497 e. The van der Waals surface area contributed by atoms with E-state index in [2.05, 4.69) is 4.72 Å². The maximum Gasteiger partial charge on any atom is 0.242 e. The first kappa shape index (κ1) is 16.1. The molecule has 2 atom stereocenters. The molecule has 2 unspecified atom stereocenters. The molecule has 0 heterocycles. The number of rotatable bonds is 5. The molecule has 1 saturated carbocycles. The van der Waals surface area contributed by atoms with E-state index in [1.807, 2.05) is 0 Å². The van der Waals surface area contributed by atoms with E-state index in [0.717, 1.165) is 25.7 Å².